The van der Waals surface area contributed by atoms with Gasteiger partial charge in [0.2, 0.25) is 0 Å². The predicted molar refractivity (Wildman–Crippen MR) is 75.7 cm³/mol. The molecule has 1 fully saturated rings. The first-order valence-corrected chi connectivity index (χ1v) is 7.65. The average molecular weight is 335 g/mol. The van der Waals surface area contributed by atoms with Crippen molar-refractivity contribution in [1.82, 2.24) is 4.90 Å². The Morgan fingerprint density at radius 2 is 2.35 bits per heavy atom. The molecule has 1 aromatic heterocycles. The lowest BCUT2D eigenvalue weighted by Crippen LogP contribution is -2.37. The minimum atomic E-state index is 0.282. The molecule has 0 bridgehead atoms. The van der Waals surface area contributed by atoms with Crippen molar-refractivity contribution in [3.8, 4) is 0 Å². The van der Waals surface area contributed by atoms with Gasteiger partial charge in [-0.2, -0.15) is 0 Å². The predicted octanol–water partition coefficient (Wildman–Crippen LogP) is 3.25. The van der Waals surface area contributed by atoms with E-state index in [2.05, 4.69) is 31.9 Å². The van der Waals surface area contributed by atoms with E-state index < -0.39 is 0 Å². The molecule has 1 aliphatic heterocycles. The lowest BCUT2D eigenvalue weighted by molar-refractivity contribution is 0.337. The fourth-order valence-electron chi connectivity index (χ4n) is 2.10. The summed E-state index contributed by atoms with van der Waals surface area (Å²) in [6.45, 7) is 1.79. The highest BCUT2D eigenvalue weighted by atomic mass is 79.9. The summed E-state index contributed by atoms with van der Waals surface area (Å²) in [5, 5.41) is 0. The van der Waals surface area contributed by atoms with Gasteiger partial charge in [-0.15, -0.1) is 11.3 Å². The summed E-state index contributed by atoms with van der Waals surface area (Å²) in [6, 6.07) is 2.37. The molecule has 0 aromatic carbocycles. The number of nitrogens with zero attached hydrogens (tertiary/aromatic N) is 2. The smallest absolute Gasteiger partial charge is 0.191 e. The van der Waals surface area contributed by atoms with Gasteiger partial charge in [0, 0.05) is 15.9 Å². The second kappa shape index (κ2) is 4.44. The van der Waals surface area contributed by atoms with Crippen molar-refractivity contribution in [2.75, 3.05) is 13.1 Å². The quantitative estimate of drug-likeness (QED) is 0.922. The fraction of sp³-hybridized carbons (Fsp3) is 0.545. The lowest BCUT2D eigenvalue weighted by atomic mass is 10.2. The van der Waals surface area contributed by atoms with Crippen molar-refractivity contribution in [3.05, 3.63) is 19.8 Å². The molecule has 3 nitrogen and oxygen atoms in total. The zero-order valence-electron chi connectivity index (χ0n) is 9.20. The molecule has 6 heteroatoms. The second-order valence-corrected chi connectivity index (χ2v) is 7.12. The van der Waals surface area contributed by atoms with Crippen molar-refractivity contribution in [2.24, 2.45) is 16.6 Å². The Kier molecular flexibility index (Phi) is 3.09. The van der Waals surface area contributed by atoms with E-state index in [1.165, 1.54) is 17.7 Å². The van der Waals surface area contributed by atoms with Crippen LogP contribution in [0.15, 0.2) is 15.5 Å². The standard InChI is InChI=1S/C11H13BrClN3S/c12-7-3-9(17-10(7)13)8-4-15-11(14)16(8)5-6-1-2-6/h3,6,8H,1-2,4-5H2,(H2,14,15). The van der Waals surface area contributed by atoms with Crippen LogP contribution in [0, 0.1) is 5.92 Å². The van der Waals surface area contributed by atoms with Crippen LogP contribution in [0.2, 0.25) is 4.34 Å². The summed E-state index contributed by atoms with van der Waals surface area (Å²) in [4.78, 5) is 7.83. The number of thiophene rings is 1. The molecule has 2 N–H and O–H groups in total. The van der Waals surface area contributed by atoms with Gasteiger partial charge < -0.3 is 10.6 Å². The van der Waals surface area contributed by atoms with E-state index in [-0.39, 0.29) is 6.04 Å². The van der Waals surface area contributed by atoms with Gasteiger partial charge in [0.15, 0.2) is 5.96 Å². The van der Waals surface area contributed by atoms with Gasteiger partial charge >= 0.3 is 0 Å². The third-order valence-electron chi connectivity index (χ3n) is 3.24. The number of rotatable bonds is 3. The van der Waals surface area contributed by atoms with E-state index in [0.717, 1.165) is 27.8 Å². The average Bonchev–Trinajstić information content (AvgIpc) is 2.95. The molecule has 17 heavy (non-hydrogen) atoms. The highest BCUT2D eigenvalue weighted by Crippen LogP contribution is 2.40. The van der Waals surface area contributed by atoms with Gasteiger partial charge in [-0.25, -0.2) is 0 Å². The highest BCUT2D eigenvalue weighted by molar-refractivity contribution is 9.10. The lowest BCUT2D eigenvalue weighted by Gasteiger charge is -2.25. The summed E-state index contributed by atoms with van der Waals surface area (Å²) < 4.78 is 1.77. The van der Waals surface area contributed by atoms with Crippen LogP contribution in [0.3, 0.4) is 0 Å². The maximum atomic E-state index is 6.09. The van der Waals surface area contributed by atoms with Crippen LogP contribution >= 0.6 is 38.9 Å². The highest BCUT2D eigenvalue weighted by Gasteiger charge is 2.34. The van der Waals surface area contributed by atoms with Crippen LogP contribution in [0.5, 0.6) is 0 Å². The number of nitrogens with two attached hydrogens (primary N) is 1. The minimum Gasteiger partial charge on any atom is -0.370 e. The monoisotopic (exact) mass is 333 g/mol. The van der Waals surface area contributed by atoms with Crippen molar-refractivity contribution >= 4 is 44.8 Å². The Labute approximate surface area is 118 Å². The molecule has 1 unspecified atom stereocenters. The first kappa shape index (κ1) is 11.8. The third kappa shape index (κ3) is 2.33. The summed E-state index contributed by atoms with van der Waals surface area (Å²) in [5.74, 6) is 1.49. The second-order valence-electron chi connectivity index (χ2n) is 4.58. The first-order chi connectivity index (χ1) is 8.15. The molecule has 1 atom stereocenters. The van der Waals surface area contributed by atoms with Crippen LogP contribution in [-0.2, 0) is 0 Å². The normalized spacial score (nSPS) is 24.2. The van der Waals surface area contributed by atoms with E-state index in [0.29, 0.717) is 5.96 Å². The first-order valence-electron chi connectivity index (χ1n) is 5.66. The Hall–Kier alpha value is -0.260. The number of guanidine groups is 1. The molecule has 92 valence electrons. The summed E-state index contributed by atoms with van der Waals surface area (Å²) in [7, 11) is 0. The number of hydrogen-bond acceptors (Lipinski definition) is 4. The van der Waals surface area contributed by atoms with Crippen LogP contribution < -0.4 is 5.73 Å². The molecule has 2 heterocycles. The van der Waals surface area contributed by atoms with Gasteiger partial charge in [-0.1, -0.05) is 11.6 Å². The van der Waals surface area contributed by atoms with Crippen molar-refractivity contribution in [2.45, 2.75) is 18.9 Å². The molecule has 0 amide bonds. The Morgan fingerprint density at radius 3 is 2.94 bits per heavy atom. The molecule has 1 aliphatic carbocycles. The molecule has 2 aliphatic rings. The van der Waals surface area contributed by atoms with Crippen LogP contribution in [-0.4, -0.2) is 23.9 Å². The number of halogens is 2. The van der Waals surface area contributed by atoms with Crippen LogP contribution in [0.25, 0.3) is 0 Å². The van der Waals surface area contributed by atoms with Gasteiger partial charge in [0.25, 0.3) is 0 Å². The Balaban J connectivity index is 1.81. The van der Waals surface area contributed by atoms with E-state index in [1.54, 1.807) is 11.3 Å². The molecular weight excluding hydrogens is 322 g/mol. The van der Waals surface area contributed by atoms with Crippen LogP contribution in [0.4, 0.5) is 0 Å². The minimum absolute atomic E-state index is 0.282. The largest absolute Gasteiger partial charge is 0.370 e. The Morgan fingerprint density at radius 1 is 1.59 bits per heavy atom. The molecule has 1 aromatic rings. The van der Waals surface area contributed by atoms with E-state index in [9.17, 15) is 0 Å². The molecule has 3 rings (SSSR count). The van der Waals surface area contributed by atoms with Crippen molar-refractivity contribution < 1.29 is 0 Å². The van der Waals surface area contributed by atoms with E-state index >= 15 is 0 Å². The third-order valence-corrected chi connectivity index (χ3v) is 5.82. The summed E-state index contributed by atoms with van der Waals surface area (Å²) >= 11 is 11.2. The zero-order chi connectivity index (χ0) is 12.0. The SMILES string of the molecule is NC1=NCC(c2cc(Br)c(Cl)s2)N1CC1CC1. The molecule has 1 saturated carbocycles. The summed E-state index contributed by atoms with van der Waals surface area (Å²) in [6.07, 6.45) is 2.65. The number of aliphatic imine (C=N–C) groups is 1. The van der Waals surface area contributed by atoms with Gasteiger partial charge in [-0.05, 0) is 40.8 Å². The maximum Gasteiger partial charge on any atom is 0.191 e. The van der Waals surface area contributed by atoms with Crippen molar-refractivity contribution in [3.63, 3.8) is 0 Å². The summed E-state index contributed by atoms with van der Waals surface area (Å²) in [5.41, 5.74) is 5.96. The topological polar surface area (TPSA) is 41.6 Å². The Bertz CT molecular complexity index is 450. The van der Waals surface area contributed by atoms with Gasteiger partial charge in [0.1, 0.15) is 4.34 Å². The maximum absolute atomic E-state index is 6.09. The van der Waals surface area contributed by atoms with Crippen molar-refractivity contribution in [1.29, 1.82) is 0 Å². The van der Waals surface area contributed by atoms with Gasteiger partial charge in [-0.3, -0.25) is 4.99 Å². The molecule has 0 saturated heterocycles. The van der Waals surface area contributed by atoms with E-state index in [1.807, 2.05) is 0 Å². The molecular formula is C11H13BrClN3S. The van der Waals surface area contributed by atoms with E-state index in [4.69, 9.17) is 17.3 Å². The molecule has 0 radical (unpaired) electrons. The fourth-order valence-corrected chi connectivity index (χ4v) is 3.94. The molecule has 0 spiro atoms. The van der Waals surface area contributed by atoms with Gasteiger partial charge in [0.05, 0.1) is 12.6 Å². The zero-order valence-corrected chi connectivity index (χ0v) is 12.4. The van der Waals surface area contributed by atoms with Crippen LogP contribution in [0.1, 0.15) is 23.8 Å². The number of hydrogen-bond donors (Lipinski definition) is 1.